The average Bonchev–Trinajstić information content (AvgIpc) is 2.98. The monoisotopic (exact) mass is 405 g/mol. The van der Waals surface area contributed by atoms with Crippen molar-refractivity contribution < 1.29 is 18.0 Å². The highest BCUT2D eigenvalue weighted by Crippen LogP contribution is 2.27. The number of halogens is 3. The normalized spacial score (nSPS) is 14.7. The predicted molar refractivity (Wildman–Crippen MR) is 99.9 cm³/mol. The summed E-state index contributed by atoms with van der Waals surface area (Å²) in [7, 11) is 2.95. The second-order valence-corrected chi connectivity index (χ2v) is 7.74. The number of hydrogen-bond acceptors (Lipinski definition) is 4. The molecule has 1 amide bonds. The van der Waals surface area contributed by atoms with Crippen molar-refractivity contribution in [2.75, 3.05) is 33.7 Å². The maximum atomic E-state index is 12.4. The van der Waals surface area contributed by atoms with Gasteiger partial charge in [-0.1, -0.05) is 0 Å². The highest BCUT2D eigenvalue weighted by molar-refractivity contribution is 7.11. The number of fused-ring (bicyclic) bond motifs is 1. The van der Waals surface area contributed by atoms with Crippen molar-refractivity contribution in [3.8, 4) is 0 Å². The fraction of sp³-hybridized carbons (Fsp3) is 0.706. The van der Waals surface area contributed by atoms with Gasteiger partial charge < -0.3 is 15.1 Å². The van der Waals surface area contributed by atoms with Crippen LogP contribution in [0.1, 0.15) is 35.3 Å². The molecule has 0 aromatic carbocycles. The molecular formula is C17H26F3N5OS. The zero-order valence-corrected chi connectivity index (χ0v) is 16.7. The van der Waals surface area contributed by atoms with E-state index < -0.39 is 18.6 Å². The van der Waals surface area contributed by atoms with Gasteiger partial charge in [0.1, 0.15) is 18.1 Å². The summed E-state index contributed by atoms with van der Waals surface area (Å²) in [6, 6.07) is 0. The zero-order valence-electron chi connectivity index (χ0n) is 15.9. The van der Waals surface area contributed by atoms with E-state index in [1.165, 1.54) is 23.4 Å². The third-order valence-corrected chi connectivity index (χ3v) is 5.31. The van der Waals surface area contributed by atoms with Gasteiger partial charge in [-0.05, 0) is 32.6 Å². The van der Waals surface area contributed by atoms with Gasteiger partial charge in [0.2, 0.25) is 5.91 Å². The van der Waals surface area contributed by atoms with Gasteiger partial charge in [0.15, 0.2) is 5.96 Å². The molecule has 1 aliphatic rings. The summed E-state index contributed by atoms with van der Waals surface area (Å²) in [5.41, 5.74) is 1.18. The Labute approximate surface area is 161 Å². The van der Waals surface area contributed by atoms with E-state index in [0.29, 0.717) is 23.9 Å². The molecule has 0 saturated heterocycles. The Kier molecular flexibility index (Phi) is 7.46. The lowest BCUT2D eigenvalue weighted by molar-refractivity contribution is -0.157. The molecule has 1 heterocycles. The van der Waals surface area contributed by atoms with E-state index in [1.54, 1.807) is 11.3 Å². The second-order valence-electron chi connectivity index (χ2n) is 6.58. The van der Waals surface area contributed by atoms with Gasteiger partial charge in [0.05, 0.1) is 12.2 Å². The van der Waals surface area contributed by atoms with Gasteiger partial charge in [0.25, 0.3) is 0 Å². The molecule has 1 N–H and O–H groups in total. The van der Waals surface area contributed by atoms with Crippen LogP contribution in [0.2, 0.25) is 0 Å². The summed E-state index contributed by atoms with van der Waals surface area (Å²) < 4.78 is 37.2. The first-order valence-corrected chi connectivity index (χ1v) is 9.79. The Hall–Kier alpha value is -1.84. The number of aromatic nitrogens is 1. The number of aliphatic imine (C=N–C) groups is 1. The van der Waals surface area contributed by atoms with Crippen LogP contribution < -0.4 is 5.32 Å². The summed E-state index contributed by atoms with van der Waals surface area (Å²) in [5.74, 6) is -0.208. The van der Waals surface area contributed by atoms with Crippen LogP contribution in [-0.2, 0) is 24.2 Å². The summed E-state index contributed by atoms with van der Waals surface area (Å²) in [5, 5.41) is 4.05. The third kappa shape index (κ3) is 6.67. The first-order valence-electron chi connectivity index (χ1n) is 8.97. The molecule has 0 unspecified atom stereocenters. The van der Waals surface area contributed by atoms with Crippen molar-refractivity contribution >= 4 is 23.2 Å². The van der Waals surface area contributed by atoms with E-state index in [-0.39, 0.29) is 6.54 Å². The van der Waals surface area contributed by atoms with E-state index in [2.05, 4.69) is 10.3 Å². The number of alkyl halides is 3. The number of aryl methyl sites for hydroxylation is 2. The molecule has 1 aromatic heterocycles. The number of guanidine groups is 1. The van der Waals surface area contributed by atoms with Crippen molar-refractivity contribution in [3.05, 3.63) is 15.6 Å². The van der Waals surface area contributed by atoms with Gasteiger partial charge >= 0.3 is 6.18 Å². The number of likely N-dealkylation sites (N-methyl/N-ethyl adjacent to an activating group) is 1. The Morgan fingerprint density at radius 3 is 2.59 bits per heavy atom. The highest BCUT2D eigenvalue weighted by atomic mass is 32.1. The number of hydrogen-bond donors (Lipinski definition) is 1. The number of thiazole rings is 1. The average molecular weight is 405 g/mol. The molecule has 0 bridgehead atoms. The Morgan fingerprint density at radius 2 is 1.96 bits per heavy atom. The first kappa shape index (κ1) is 21.5. The van der Waals surface area contributed by atoms with E-state index in [1.807, 2.05) is 18.9 Å². The number of carbonyl (C=O) groups excluding carboxylic acids is 1. The van der Waals surface area contributed by atoms with Crippen LogP contribution in [-0.4, -0.2) is 66.6 Å². The number of rotatable bonds is 6. The molecule has 0 saturated carbocycles. The van der Waals surface area contributed by atoms with Crippen molar-refractivity contribution in [2.24, 2.45) is 4.99 Å². The van der Waals surface area contributed by atoms with E-state index in [0.717, 1.165) is 24.9 Å². The first-order chi connectivity index (χ1) is 12.7. The lowest BCUT2D eigenvalue weighted by Gasteiger charge is -2.22. The molecule has 10 heteroatoms. The van der Waals surface area contributed by atoms with Gasteiger partial charge in [0, 0.05) is 25.5 Å². The van der Waals surface area contributed by atoms with E-state index >= 15 is 0 Å². The van der Waals surface area contributed by atoms with Crippen LogP contribution in [0, 0.1) is 0 Å². The molecule has 27 heavy (non-hydrogen) atoms. The van der Waals surface area contributed by atoms with Gasteiger partial charge in [-0.2, -0.15) is 13.2 Å². The molecule has 0 spiro atoms. The molecule has 1 aliphatic carbocycles. The van der Waals surface area contributed by atoms with E-state index in [4.69, 9.17) is 4.98 Å². The largest absolute Gasteiger partial charge is 0.406 e. The van der Waals surface area contributed by atoms with Crippen LogP contribution in [0.15, 0.2) is 4.99 Å². The smallest absolute Gasteiger partial charge is 0.357 e. The SMILES string of the molecule is CCNC(=NCC(=O)N(C)CC(F)(F)F)N(C)Cc1nc2c(s1)CCCC2. The molecule has 0 fully saturated rings. The maximum Gasteiger partial charge on any atom is 0.406 e. The Balaban J connectivity index is 1.98. The quantitative estimate of drug-likeness (QED) is 0.583. The molecule has 6 nitrogen and oxygen atoms in total. The Bertz CT molecular complexity index is 651. The molecular weight excluding hydrogens is 379 g/mol. The Morgan fingerprint density at radius 1 is 1.26 bits per heavy atom. The third-order valence-electron chi connectivity index (χ3n) is 4.17. The van der Waals surface area contributed by atoms with Gasteiger partial charge in [-0.15, -0.1) is 11.3 Å². The summed E-state index contributed by atoms with van der Waals surface area (Å²) in [4.78, 5) is 24.6. The van der Waals surface area contributed by atoms with Crippen molar-refractivity contribution in [1.29, 1.82) is 0 Å². The van der Waals surface area contributed by atoms with E-state index in [9.17, 15) is 18.0 Å². The van der Waals surface area contributed by atoms with Crippen LogP contribution in [0.25, 0.3) is 0 Å². The zero-order chi connectivity index (χ0) is 20.0. The van der Waals surface area contributed by atoms with Crippen LogP contribution >= 0.6 is 11.3 Å². The second kappa shape index (κ2) is 9.38. The number of nitrogens with zero attached hydrogens (tertiary/aromatic N) is 4. The van der Waals surface area contributed by atoms with Crippen molar-refractivity contribution in [1.82, 2.24) is 20.1 Å². The van der Waals surface area contributed by atoms with Crippen molar-refractivity contribution in [2.45, 2.75) is 45.3 Å². The van der Waals surface area contributed by atoms with Crippen molar-refractivity contribution in [3.63, 3.8) is 0 Å². The summed E-state index contributed by atoms with van der Waals surface area (Å²) in [6.45, 7) is 1.40. The van der Waals surface area contributed by atoms with Crippen LogP contribution in [0.5, 0.6) is 0 Å². The minimum absolute atomic E-state index is 0.340. The molecule has 0 atom stereocenters. The number of carbonyl (C=O) groups is 1. The van der Waals surface area contributed by atoms with Gasteiger partial charge in [-0.25, -0.2) is 9.98 Å². The molecule has 2 rings (SSSR count). The lowest BCUT2D eigenvalue weighted by Crippen LogP contribution is -2.41. The standard InChI is InChI=1S/C17H26F3N5OS/c1-4-21-16(22-9-15(26)25(3)11-17(18,19)20)24(2)10-14-23-12-7-5-6-8-13(12)27-14/h4-11H2,1-3H3,(H,21,22). The van der Waals surface area contributed by atoms with Crippen LogP contribution in [0.3, 0.4) is 0 Å². The fourth-order valence-electron chi connectivity index (χ4n) is 2.84. The molecule has 0 aliphatic heterocycles. The molecule has 1 aromatic rings. The topological polar surface area (TPSA) is 60.8 Å². The summed E-state index contributed by atoms with van der Waals surface area (Å²) in [6.07, 6.45) is 0.0415. The fourth-order valence-corrected chi connectivity index (χ4v) is 4.05. The molecule has 0 radical (unpaired) electrons. The lowest BCUT2D eigenvalue weighted by atomic mass is 10.0. The minimum atomic E-state index is -4.42. The highest BCUT2D eigenvalue weighted by Gasteiger charge is 2.31. The van der Waals surface area contributed by atoms with Crippen LogP contribution in [0.4, 0.5) is 13.2 Å². The molecule has 152 valence electrons. The number of nitrogens with one attached hydrogen (secondary N) is 1. The maximum absolute atomic E-state index is 12.4. The summed E-state index contributed by atoms with van der Waals surface area (Å²) >= 11 is 1.70. The predicted octanol–water partition coefficient (Wildman–Crippen LogP) is 2.44. The number of amides is 1. The van der Waals surface area contributed by atoms with Gasteiger partial charge in [-0.3, -0.25) is 4.79 Å². The minimum Gasteiger partial charge on any atom is -0.357 e.